The lowest BCUT2D eigenvalue weighted by molar-refractivity contribution is 0.103. The number of carbonyl (C=O) groups excluding carboxylic acids is 1. The molecule has 4 N–H and O–H groups in total. The summed E-state index contributed by atoms with van der Waals surface area (Å²) in [5.74, 6) is -1.29. The summed E-state index contributed by atoms with van der Waals surface area (Å²) in [5.41, 5.74) is 0.0179. The fraction of sp³-hybridized carbons (Fsp3) is 0.250. The van der Waals surface area contributed by atoms with Crippen molar-refractivity contribution in [2.45, 2.75) is 33.1 Å². The molecule has 0 fully saturated rings. The monoisotopic (exact) mass is 424 g/mol. The number of ketones is 1. The van der Waals surface area contributed by atoms with Crippen molar-refractivity contribution in [2.75, 3.05) is 0 Å². The third kappa shape index (κ3) is 5.06. The molecule has 0 atom stereocenters. The molecule has 0 spiro atoms. The quantitative estimate of drug-likeness (QED) is 0.424. The summed E-state index contributed by atoms with van der Waals surface area (Å²) in [6.45, 7) is 4.04. The molecule has 3 rings (SSSR count). The molecule has 2 aromatic carbocycles. The SMILES string of the molecule is CC(C)CCc1cc(O)cc(O)c1C(=O)c1c(O)cccc1Cc1cc(O)cc(=O)o1. The first-order valence-electron chi connectivity index (χ1n) is 9.89. The van der Waals surface area contributed by atoms with Gasteiger partial charge < -0.3 is 24.8 Å². The van der Waals surface area contributed by atoms with E-state index in [4.69, 9.17) is 4.42 Å². The van der Waals surface area contributed by atoms with Gasteiger partial charge in [0.2, 0.25) is 5.78 Å². The Balaban J connectivity index is 2.09. The van der Waals surface area contributed by atoms with Crippen LogP contribution in [0.15, 0.2) is 51.7 Å². The fourth-order valence-corrected chi connectivity index (χ4v) is 3.48. The van der Waals surface area contributed by atoms with Gasteiger partial charge in [0.15, 0.2) is 0 Å². The molecule has 162 valence electrons. The van der Waals surface area contributed by atoms with Crippen LogP contribution in [0.25, 0.3) is 0 Å². The number of aryl methyl sites for hydroxylation is 1. The smallest absolute Gasteiger partial charge is 0.339 e. The van der Waals surface area contributed by atoms with Crippen LogP contribution in [0.2, 0.25) is 0 Å². The summed E-state index contributed by atoms with van der Waals surface area (Å²) in [6, 6.07) is 9.17. The van der Waals surface area contributed by atoms with Crippen LogP contribution in [0.4, 0.5) is 0 Å². The number of hydrogen-bond donors (Lipinski definition) is 4. The van der Waals surface area contributed by atoms with Gasteiger partial charge in [0.05, 0.1) is 17.2 Å². The Hall–Kier alpha value is -3.74. The topological polar surface area (TPSA) is 128 Å². The van der Waals surface area contributed by atoms with E-state index in [1.807, 2.05) is 13.8 Å². The number of phenolic OH excluding ortho intramolecular Hbond substituents is 3. The van der Waals surface area contributed by atoms with Crippen molar-refractivity contribution in [3.63, 3.8) is 0 Å². The summed E-state index contributed by atoms with van der Waals surface area (Å²) in [7, 11) is 0. The number of phenols is 3. The van der Waals surface area contributed by atoms with Gasteiger partial charge in [-0.05, 0) is 42.0 Å². The Kier molecular flexibility index (Phi) is 6.34. The van der Waals surface area contributed by atoms with E-state index in [9.17, 15) is 30.0 Å². The van der Waals surface area contributed by atoms with Crippen LogP contribution in [-0.2, 0) is 12.8 Å². The zero-order chi connectivity index (χ0) is 22.7. The Morgan fingerprint density at radius 2 is 1.58 bits per heavy atom. The lowest BCUT2D eigenvalue weighted by Gasteiger charge is -2.15. The molecule has 7 nitrogen and oxygen atoms in total. The molecule has 0 saturated heterocycles. The molecular weight excluding hydrogens is 400 g/mol. The van der Waals surface area contributed by atoms with Crippen molar-refractivity contribution in [1.29, 1.82) is 0 Å². The van der Waals surface area contributed by atoms with E-state index in [1.54, 1.807) is 12.1 Å². The summed E-state index contributed by atoms with van der Waals surface area (Å²) in [6.07, 6.45) is 1.13. The van der Waals surface area contributed by atoms with E-state index in [2.05, 4.69) is 0 Å². The van der Waals surface area contributed by atoms with Crippen LogP contribution in [0.5, 0.6) is 23.0 Å². The first-order valence-corrected chi connectivity index (χ1v) is 9.89. The van der Waals surface area contributed by atoms with Gasteiger partial charge in [-0.2, -0.15) is 0 Å². The largest absolute Gasteiger partial charge is 0.508 e. The molecule has 1 aromatic heterocycles. The molecule has 31 heavy (non-hydrogen) atoms. The van der Waals surface area contributed by atoms with Gasteiger partial charge in [-0.3, -0.25) is 4.79 Å². The van der Waals surface area contributed by atoms with Crippen LogP contribution in [0, 0.1) is 5.92 Å². The summed E-state index contributed by atoms with van der Waals surface area (Å²) >= 11 is 0. The molecule has 0 aliphatic heterocycles. The number of hydrogen-bond acceptors (Lipinski definition) is 7. The van der Waals surface area contributed by atoms with Gasteiger partial charge in [-0.15, -0.1) is 0 Å². The van der Waals surface area contributed by atoms with Gasteiger partial charge in [-0.1, -0.05) is 26.0 Å². The van der Waals surface area contributed by atoms with Crippen molar-refractivity contribution < 1.29 is 29.6 Å². The average molecular weight is 424 g/mol. The van der Waals surface area contributed by atoms with Crippen molar-refractivity contribution in [1.82, 2.24) is 0 Å². The Morgan fingerprint density at radius 1 is 0.903 bits per heavy atom. The first kappa shape index (κ1) is 22.0. The molecular formula is C24H24O7. The van der Waals surface area contributed by atoms with Gasteiger partial charge in [0.25, 0.3) is 0 Å². The molecule has 0 aliphatic carbocycles. The highest BCUT2D eigenvalue weighted by atomic mass is 16.4. The lowest BCUT2D eigenvalue weighted by Crippen LogP contribution is -2.11. The molecule has 3 aromatic rings. The summed E-state index contributed by atoms with van der Waals surface area (Å²) < 4.78 is 5.08. The van der Waals surface area contributed by atoms with Crippen molar-refractivity contribution in [2.24, 2.45) is 5.92 Å². The third-order valence-electron chi connectivity index (χ3n) is 4.93. The van der Waals surface area contributed by atoms with Crippen molar-refractivity contribution in [3.05, 3.63) is 80.9 Å². The van der Waals surface area contributed by atoms with Gasteiger partial charge in [0.1, 0.15) is 28.8 Å². The second-order valence-corrected chi connectivity index (χ2v) is 7.85. The van der Waals surface area contributed by atoms with Crippen LogP contribution < -0.4 is 5.63 Å². The first-order chi connectivity index (χ1) is 14.7. The van der Waals surface area contributed by atoms with Crippen LogP contribution in [0.1, 0.15) is 53.1 Å². The molecule has 0 saturated carbocycles. The average Bonchev–Trinajstić information content (AvgIpc) is 2.64. The number of aromatic hydroxyl groups is 4. The number of carbonyl (C=O) groups is 1. The summed E-state index contributed by atoms with van der Waals surface area (Å²) in [5, 5.41) is 40.5. The van der Waals surface area contributed by atoms with Gasteiger partial charge >= 0.3 is 5.63 Å². The van der Waals surface area contributed by atoms with Crippen molar-refractivity contribution in [3.8, 4) is 23.0 Å². The second kappa shape index (κ2) is 8.95. The predicted molar refractivity (Wildman–Crippen MR) is 114 cm³/mol. The zero-order valence-electron chi connectivity index (χ0n) is 17.3. The third-order valence-corrected chi connectivity index (χ3v) is 4.93. The van der Waals surface area contributed by atoms with Crippen molar-refractivity contribution >= 4 is 5.78 Å². The Morgan fingerprint density at radius 3 is 2.26 bits per heavy atom. The maximum atomic E-state index is 13.5. The predicted octanol–water partition coefficient (Wildman–Crippen LogP) is 3.87. The van der Waals surface area contributed by atoms with E-state index >= 15 is 0 Å². The van der Waals surface area contributed by atoms with E-state index in [-0.39, 0.29) is 46.3 Å². The lowest BCUT2D eigenvalue weighted by atomic mass is 9.89. The Bertz CT molecular complexity index is 1180. The van der Waals surface area contributed by atoms with E-state index in [0.717, 1.165) is 18.6 Å². The van der Waals surface area contributed by atoms with Gasteiger partial charge in [-0.25, -0.2) is 4.79 Å². The van der Waals surface area contributed by atoms with E-state index < -0.39 is 11.4 Å². The van der Waals surface area contributed by atoms with Gasteiger partial charge in [0, 0.05) is 18.6 Å². The minimum atomic E-state index is -0.741. The standard InChI is InChI=1S/C24H24O7/c1-13(2)6-7-15-8-16(25)11-20(28)23(15)24(30)22-14(4-3-5-19(22)27)9-18-10-17(26)12-21(29)31-18/h3-5,8,10-13,25-28H,6-7,9H2,1-2H3. The fourth-order valence-electron chi connectivity index (χ4n) is 3.48. The minimum absolute atomic E-state index is 0.00133. The maximum absolute atomic E-state index is 13.5. The second-order valence-electron chi connectivity index (χ2n) is 7.85. The normalized spacial score (nSPS) is 11.1. The van der Waals surface area contributed by atoms with Crippen LogP contribution >= 0.6 is 0 Å². The molecule has 0 amide bonds. The minimum Gasteiger partial charge on any atom is -0.508 e. The highest BCUT2D eigenvalue weighted by molar-refractivity contribution is 6.14. The summed E-state index contributed by atoms with van der Waals surface area (Å²) in [4.78, 5) is 25.0. The molecule has 7 heteroatoms. The Labute approximate surface area is 178 Å². The van der Waals surface area contributed by atoms with E-state index in [0.29, 0.717) is 23.5 Å². The zero-order valence-corrected chi connectivity index (χ0v) is 17.3. The van der Waals surface area contributed by atoms with Crippen LogP contribution in [-0.4, -0.2) is 26.2 Å². The highest BCUT2D eigenvalue weighted by Gasteiger charge is 2.25. The molecule has 0 bridgehead atoms. The molecule has 1 heterocycles. The molecule has 0 aliphatic rings. The van der Waals surface area contributed by atoms with Crippen LogP contribution in [0.3, 0.4) is 0 Å². The number of rotatable bonds is 7. The van der Waals surface area contributed by atoms with E-state index in [1.165, 1.54) is 18.2 Å². The highest BCUT2D eigenvalue weighted by Crippen LogP contribution is 2.34. The molecule has 0 radical (unpaired) electrons. The molecule has 0 unspecified atom stereocenters. The maximum Gasteiger partial charge on any atom is 0.339 e. The number of benzene rings is 2.